The van der Waals surface area contributed by atoms with Gasteiger partial charge in [0.25, 0.3) is 0 Å². The Bertz CT molecular complexity index is 530. The van der Waals surface area contributed by atoms with Gasteiger partial charge in [0.15, 0.2) is 0 Å². The second-order valence-corrected chi connectivity index (χ2v) is 4.85. The maximum Gasteiger partial charge on any atom is 0.348 e. The monoisotopic (exact) mass is 370 g/mol. The summed E-state index contributed by atoms with van der Waals surface area (Å²) < 4.78 is 4.67. The van der Waals surface area contributed by atoms with Gasteiger partial charge in [0.05, 0.1) is 6.54 Å². The van der Waals surface area contributed by atoms with E-state index in [1.807, 2.05) is 58.8 Å². The number of nitrogens with one attached hydrogen (secondary N) is 1. The van der Waals surface area contributed by atoms with Crippen molar-refractivity contribution >= 4 is 28.5 Å². The van der Waals surface area contributed by atoms with E-state index < -0.39 is 0 Å². The van der Waals surface area contributed by atoms with Crippen molar-refractivity contribution in [1.29, 1.82) is 0 Å². The number of halogens is 1. The lowest BCUT2D eigenvalue weighted by atomic mass is 10.2. The van der Waals surface area contributed by atoms with Crippen molar-refractivity contribution in [3.63, 3.8) is 0 Å². The quantitative estimate of drug-likeness (QED) is 0.489. The highest BCUT2D eigenvalue weighted by Gasteiger charge is 2.23. The van der Waals surface area contributed by atoms with Crippen molar-refractivity contribution in [3.05, 3.63) is 54.1 Å². The van der Waals surface area contributed by atoms with Crippen LogP contribution >= 0.6 is 22.6 Å². The Balaban J connectivity index is 2.09. The Kier molecular flexibility index (Phi) is 4.95. The van der Waals surface area contributed by atoms with Gasteiger partial charge in [-0.15, -0.1) is 0 Å². The summed E-state index contributed by atoms with van der Waals surface area (Å²) in [6.45, 7) is 3.37. The number of aryl methyl sites for hydroxylation is 1. The molecule has 1 aromatic heterocycles. The van der Waals surface area contributed by atoms with E-state index >= 15 is 0 Å². The van der Waals surface area contributed by atoms with Crippen molar-refractivity contribution in [2.75, 3.05) is 0 Å². The Morgan fingerprint density at radius 2 is 2.11 bits per heavy atom. The van der Waals surface area contributed by atoms with Gasteiger partial charge in [0, 0.05) is 6.54 Å². The number of alkyl halides is 1. The van der Waals surface area contributed by atoms with Gasteiger partial charge >= 0.3 is 11.7 Å². The SMILES string of the molecule is CCn1cc[n+](CI)c1C(=O)NCc1ccccc1. The summed E-state index contributed by atoms with van der Waals surface area (Å²) in [4.78, 5) is 12.3. The fourth-order valence-corrected chi connectivity index (χ4v) is 2.49. The van der Waals surface area contributed by atoms with E-state index in [2.05, 4.69) is 27.9 Å². The third-order valence-corrected chi connectivity index (χ3v) is 3.67. The molecule has 0 aliphatic heterocycles. The fraction of sp³-hybridized carbons (Fsp3) is 0.286. The number of hydrogen-bond donors (Lipinski definition) is 1. The molecular formula is C14H17IN3O+. The molecule has 0 fully saturated rings. The van der Waals surface area contributed by atoms with E-state index in [-0.39, 0.29) is 5.91 Å². The van der Waals surface area contributed by atoms with Gasteiger partial charge in [-0.05, 0) is 35.1 Å². The first-order valence-electron chi connectivity index (χ1n) is 6.23. The van der Waals surface area contributed by atoms with E-state index in [1.165, 1.54) is 0 Å². The smallest absolute Gasteiger partial charge is 0.341 e. The predicted molar refractivity (Wildman–Crippen MR) is 81.9 cm³/mol. The number of aromatic nitrogens is 2. The molecule has 0 atom stereocenters. The molecule has 0 saturated carbocycles. The zero-order valence-corrected chi connectivity index (χ0v) is 13.0. The molecule has 0 aliphatic carbocycles. The van der Waals surface area contributed by atoms with Crippen molar-refractivity contribution in [2.45, 2.75) is 24.6 Å². The third-order valence-electron chi connectivity index (χ3n) is 2.94. The molecular weight excluding hydrogens is 353 g/mol. The number of rotatable bonds is 5. The molecule has 2 aromatic rings. The minimum atomic E-state index is -0.0348. The number of hydrogen-bond acceptors (Lipinski definition) is 1. The first kappa shape index (κ1) is 14.0. The zero-order chi connectivity index (χ0) is 13.7. The predicted octanol–water partition coefficient (Wildman–Crippen LogP) is 2.12. The first-order valence-corrected chi connectivity index (χ1v) is 7.75. The van der Waals surface area contributed by atoms with E-state index in [0.29, 0.717) is 12.4 Å². The number of amides is 1. The fourth-order valence-electron chi connectivity index (χ4n) is 1.94. The third kappa shape index (κ3) is 3.34. The minimum Gasteiger partial charge on any atom is -0.341 e. The zero-order valence-electron chi connectivity index (χ0n) is 10.8. The molecule has 0 spiro atoms. The molecule has 19 heavy (non-hydrogen) atoms. The topological polar surface area (TPSA) is 37.9 Å². The molecule has 0 saturated heterocycles. The normalized spacial score (nSPS) is 10.4. The lowest BCUT2D eigenvalue weighted by Crippen LogP contribution is -2.41. The Labute approximate surface area is 126 Å². The van der Waals surface area contributed by atoms with Crippen LogP contribution in [0.3, 0.4) is 0 Å². The molecule has 0 unspecified atom stereocenters. The van der Waals surface area contributed by atoms with Crippen LogP contribution in [-0.4, -0.2) is 10.5 Å². The van der Waals surface area contributed by atoms with E-state index in [4.69, 9.17) is 0 Å². The van der Waals surface area contributed by atoms with Crippen LogP contribution in [0.2, 0.25) is 0 Å². The van der Waals surface area contributed by atoms with Crippen LogP contribution in [0.25, 0.3) is 0 Å². The van der Waals surface area contributed by atoms with E-state index in [0.717, 1.165) is 16.7 Å². The number of imidazole rings is 1. The molecule has 0 bridgehead atoms. The van der Waals surface area contributed by atoms with Crippen LogP contribution < -0.4 is 9.88 Å². The second kappa shape index (κ2) is 6.70. The Hall–Kier alpha value is -1.37. The summed E-state index contributed by atoms with van der Waals surface area (Å²) in [6, 6.07) is 9.93. The van der Waals surface area contributed by atoms with Gasteiger partial charge in [-0.1, -0.05) is 30.3 Å². The number of nitrogens with zero attached hydrogens (tertiary/aromatic N) is 2. The number of carbonyl (C=O) groups excluding carboxylic acids is 1. The van der Waals surface area contributed by atoms with Crippen molar-refractivity contribution < 1.29 is 9.36 Å². The highest BCUT2D eigenvalue weighted by atomic mass is 127. The lowest BCUT2D eigenvalue weighted by molar-refractivity contribution is -0.672. The van der Waals surface area contributed by atoms with Crippen molar-refractivity contribution in [1.82, 2.24) is 9.88 Å². The molecule has 2 rings (SSSR count). The molecule has 5 heteroatoms. The Morgan fingerprint density at radius 1 is 1.37 bits per heavy atom. The van der Waals surface area contributed by atoms with Crippen LogP contribution in [0.1, 0.15) is 23.1 Å². The second-order valence-electron chi connectivity index (χ2n) is 4.17. The van der Waals surface area contributed by atoms with Crippen LogP contribution in [-0.2, 0) is 17.6 Å². The van der Waals surface area contributed by atoms with Crippen LogP contribution in [0.4, 0.5) is 0 Å². The number of carbonyl (C=O) groups is 1. The van der Waals surface area contributed by atoms with E-state index in [1.54, 1.807) is 0 Å². The summed E-state index contributed by atoms with van der Waals surface area (Å²) >= 11 is 2.25. The van der Waals surface area contributed by atoms with Gasteiger partial charge in [-0.3, -0.25) is 4.79 Å². The summed E-state index contributed by atoms with van der Waals surface area (Å²) in [5, 5.41) is 2.97. The van der Waals surface area contributed by atoms with Gasteiger partial charge in [0.2, 0.25) is 0 Å². The Morgan fingerprint density at radius 3 is 2.74 bits per heavy atom. The van der Waals surface area contributed by atoms with Gasteiger partial charge < -0.3 is 5.32 Å². The lowest BCUT2D eigenvalue weighted by Gasteiger charge is -2.04. The molecule has 1 heterocycles. The molecule has 1 aromatic carbocycles. The highest BCUT2D eigenvalue weighted by Crippen LogP contribution is 2.01. The number of benzene rings is 1. The standard InChI is InChI=1S/C14H16IN3O/c1-2-17-8-9-18(11-15)14(17)13(19)16-10-12-6-4-3-5-7-12/h3-9H,2,10-11H2,1H3/p+1. The maximum absolute atomic E-state index is 12.3. The molecule has 0 radical (unpaired) electrons. The summed E-state index contributed by atoms with van der Waals surface area (Å²) in [6.07, 6.45) is 3.88. The molecule has 1 N–H and O–H groups in total. The molecule has 100 valence electrons. The maximum atomic E-state index is 12.3. The molecule has 4 nitrogen and oxygen atoms in total. The molecule has 0 aliphatic rings. The summed E-state index contributed by atoms with van der Waals surface area (Å²) in [7, 11) is 0. The average Bonchev–Trinajstić information content (AvgIpc) is 2.89. The van der Waals surface area contributed by atoms with Crippen molar-refractivity contribution in [3.8, 4) is 0 Å². The highest BCUT2D eigenvalue weighted by molar-refractivity contribution is 14.1. The van der Waals surface area contributed by atoms with Crippen LogP contribution in [0, 0.1) is 0 Å². The van der Waals surface area contributed by atoms with Crippen LogP contribution in [0.5, 0.6) is 0 Å². The largest absolute Gasteiger partial charge is 0.348 e. The van der Waals surface area contributed by atoms with Gasteiger partial charge in [-0.2, -0.15) is 0 Å². The summed E-state index contributed by atoms with van der Waals surface area (Å²) in [5.41, 5.74) is 1.10. The van der Waals surface area contributed by atoms with Gasteiger partial charge in [-0.25, -0.2) is 9.13 Å². The first-order chi connectivity index (χ1) is 9.26. The van der Waals surface area contributed by atoms with Gasteiger partial charge in [0.1, 0.15) is 16.9 Å². The minimum absolute atomic E-state index is 0.0348. The molecule has 1 amide bonds. The average molecular weight is 370 g/mol. The van der Waals surface area contributed by atoms with E-state index in [9.17, 15) is 4.79 Å². The summed E-state index contributed by atoms with van der Waals surface area (Å²) in [5.74, 6) is 0.667. The van der Waals surface area contributed by atoms with Crippen molar-refractivity contribution in [2.24, 2.45) is 0 Å². The van der Waals surface area contributed by atoms with Crippen LogP contribution in [0.15, 0.2) is 42.7 Å².